The molecule has 0 spiro atoms. The highest BCUT2D eigenvalue weighted by Gasteiger charge is 2.17. The number of aliphatic imine (C=N–C) groups is 1. The second-order valence-electron chi connectivity index (χ2n) is 3.37. The predicted molar refractivity (Wildman–Crippen MR) is 55.5 cm³/mol. The van der Waals surface area contributed by atoms with E-state index < -0.39 is 5.60 Å². The van der Waals surface area contributed by atoms with Crippen LogP contribution in [0.2, 0.25) is 0 Å². The van der Waals surface area contributed by atoms with Crippen molar-refractivity contribution in [2.75, 3.05) is 19.8 Å². The van der Waals surface area contributed by atoms with Gasteiger partial charge in [-0.25, -0.2) is 0 Å². The van der Waals surface area contributed by atoms with Crippen LogP contribution >= 0.6 is 11.8 Å². The SMILES string of the molecule is CSC(=NC#N)N(C)CC(C)(C)O. The first-order chi connectivity index (χ1) is 5.90. The molecule has 0 aromatic heterocycles. The first-order valence-corrected chi connectivity index (χ1v) is 5.07. The molecule has 0 bridgehead atoms. The minimum atomic E-state index is -0.777. The Labute approximate surface area is 83.3 Å². The Morgan fingerprint density at radius 1 is 1.69 bits per heavy atom. The molecule has 0 atom stereocenters. The van der Waals surface area contributed by atoms with Crippen molar-refractivity contribution in [2.24, 2.45) is 4.99 Å². The van der Waals surface area contributed by atoms with Crippen LogP contribution in [0.5, 0.6) is 0 Å². The van der Waals surface area contributed by atoms with Crippen molar-refractivity contribution in [3.8, 4) is 6.19 Å². The second-order valence-corrected chi connectivity index (χ2v) is 4.14. The fourth-order valence-electron chi connectivity index (χ4n) is 0.978. The van der Waals surface area contributed by atoms with E-state index in [1.807, 2.05) is 6.26 Å². The molecule has 0 heterocycles. The molecule has 0 aliphatic carbocycles. The van der Waals surface area contributed by atoms with E-state index in [9.17, 15) is 5.11 Å². The van der Waals surface area contributed by atoms with E-state index in [2.05, 4.69) is 4.99 Å². The lowest BCUT2D eigenvalue weighted by molar-refractivity contribution is 0.0621. The Hall–Kier alpha value is -0.730. The monoisotopic (exact) mass is 201 g/mol. The van der Waals surface area contributed by atoms with E-state index in [1.54, 1.807) is 32.0 Å². The maximum atomic E-state index is 9.51. The molecule has 0 unspecified atom stereocenters. The van der Waals surface area contributed by atoms with Gasteiger partial charge in [-0.2, -0.15) is 5.26 Å². The summed E-state index contributed by atoms with van der Waals surface area (Å²) in [6.07, 6.45) is 3.57. The average Bonchev–Trinajstić information content (AvgIpc) is 1.96. The first-order valence-electron chi connectivity index (χ1n) is 3.85. The lowest BCUT2D eigenvalue weighted by Gasteiger charge is -2.26. The van der Waals surface area contributed by atoms with Crippen LogP contribution in [0.4, 0.5) is 0 Å². The minimum Gasteiger partial charge on any atom is -0.389 e. The van der Waals surface area contributed by atoms with Gasteiger partial charge in [0.15, 0.2) is 5.17 Å². The number of thioether (sulfide) groups is 1. The van der Waals surface area contributed by atoms with Gasteiger partial charge in [-0.3, -0.25) is 0 Å². The van der Waals surface area contributed by atoms with Crippen LogP contribution in [0.3, 0.4) is 0 Å². The summed E-state index contributed by atoms with van der Waals surface area (Å²) in [6.45, 7) is 3.88. The van der Waals surface area contributed by atoms with E-state index in [0.29, 0.717) is 11.7 Å². The summed E-state index contributed by atoms with van der Waals surface area (Å²) in [5, 5.41) is 18.5. The Bertz CT molecular complexity index is 227. The predicted octanol–water partition coefficient (Wildman–Crippen LogP) is 0.889. The van der Waals surface area contributed by atoms with E-state index in [0.717, 1.165) is 0 Å². The molecule has 0 aliphatic rings. The summed E-state index contributed by atoms with van der Waals surface area (Å²) in [7, 11) is 1.80. The van der Waals surface area contributed by atoms with E-state index >= 15 is 0 Å². The Morgan fingerprint density at radius 3 is 2.54 bits per heavy atom. The molecule has 13 heavy (non-hydrogen) atoms. The molecule has 0 aromatic rings. The molecule has 0 radical (unpaired) electrons. The Kier molecular flexibility index (Phi) is 4.81. The number of nitrogens with zero attached hydrogens (tertiary/aromatic N) is 3. The fourth-order valence-corrected chi connectivity index (χ4v) is 1.49. The van der Waals surface area contributed by atoms with Gasteiger partial charge in [-0.1, -0.05) is 11.8 Å². The standard InChI is InChI=1S/C8H15N3OS/c1-8(2,12)5-11(3)7(13-4)10-6-9/h12H,5H2,1-4H3. The maximum absolute atomic E-state index is 9.51. The quantitative estimate of drug-likeness (QED) is 0.409. The molecule has 4 nitrogen and oxygen atoms in total. The second kappa shape index (κ2) is 5.10. The van der Waals surface area contributed by atoms with Crippen LogP contribution in [-0.2, 0) is 0 Å². The minimum absolute atomic E-state index is 0.453. The van der Waals surface area contributed by atoms with E-state index in [-0.39, 0.29) is 0 Å². The molecule has 0 saturated heterocycles. The zero-order chi connectivity index (χ0) is 10.5. The van der Waals surface area contributed by atoms with Gasteiger partial charge < -0.3 is 10.0 Å². The van der Waals surface area contributed by atoms with Gasteiger partial charge in [0.1, 0.15) is 0 Å². The first kappa shape index (κ1) is 12.3. The third kappa shape index (κ3) is 5.50. The summed E-state index contributed by atoms with van der Waals surface area (Å²) in [5.74, 6) is 0. The highest BCUT2D eigenvalue weighted by molar-refractivity contribution is 8.13. The number of rotatable bonds is 2. The molecule has 1 N–H and O–H groups in total. The van der Waals surface area contributed by atoms with Crippen LogP contribution in [-0.4, -0.2) is 40.6 Å². The molecule has 0 amide bonds. The van der Waals surface area contributed by atoms with Crippen molar-refractivity contribution < 1.29 is 5.11 Å². The Balaban J connectivity index is 4.33. The number of likely N-dealkylation sites (N-methyl/N-ethyl adjacent to an activating group) is 1. The molecule has 0 fully saturated rings. The normalized spacial score (nSPS) is 12.5. The third-order valence-electron chi connectivity index (χ3n) is 1.28. The van der Waals surface area contributed by atoms with Gasteiger partial charge >= 0.3 is 0 Å². The van der Waals surface area contributed by atoms with Gasteiger partial charge in [-0.05, 0) is 20.1 Å². The summed E-state index contributed by atoms with van der Waals surface area (Å²) in [5.41, 5.74) is -0.777. The highest BCUT2D eigenvalue weighted by Crippen LogP contribution is 2.08. The van der Waals surface area contributed by atoms with Crippen molar-refractivity contribution in [2.45, 2.75) is 19.4 Å². The molecule has 0 saturated carbocycles. The lowest BCUT2D eigenvalue weighted by Crippen LogP contribution is -2.38. The maximum Gasteiger partial charge on any atom is 0.208 e. The summed E-state index contributed by atoms with van der Waals surface area (Å²) >= 11 is 1.39. The van der Waals surface area contributed by atoms with Crippen LogP contribution in [0.25, 0.3) is 0 Å². The van der Waals surface area contributed by atoms with Crippen LogP contribution in [0.15, 0.2) is 4.99 Å². The average molecular weight is 201 g/mol. The van der Waals surface area contributed by atoms with E-state index in [1.165, 1.54) is 11.8 Å². The van der Waals surface area contributed by atoms with Gasteiger partial charge in [0.2, 0.25) is 6.19 Å². The van der Waals surface area contributed by atoms with Gasteiger partial charge in [0.05, 0.1) is 5.60 Å². The van der Waals surface area contributed by atoms with Crippen LogP contribution in [0, 0.1) is 11.5 Å². The Morgan fingerprint density at radius 2 is 2.23 bits per heavy atom. The molecular weight excluding hydrogens is 186 g/mol. The van der Waals surface area contributed by atoms with E-state index in [4.69, 9.17) is 5.26 Å². The molecule has 0 aliphatic heterocycles. The molecule has 0 aromatic carbocycles. The van der Waals surface area contributed by atoms with Crippen molar-refractivity contribution in [1.29, 1.82) is 5.26 Å². The number of hydrogen-bond donors (Lipinski definition) is 1. The van der Waals surface area contributed by atoms with Crippen LogP contribution < -0.4 is 0 Å². The van der Waals surface area contributed by atoms with Gasteiger partial charge in [0, 0.05) is 13.6 Å². The number of nitriles is 1. The van der Waals surface area contributed by atoms with Crippen molar-refractivity contribution in [3.05, 3.63) is 0 Å². The lowest BCUT2D eigenvalue weighted by atomic mass is 10.1. The zero-order valence-corrected chi connectivity index (χ0v) is 9.22. The highest BCUT2D eigenvalue weighted by atomic mass is 32.2. The molecule has 0 rings (SSSR count). The smallest absolute Gasteiger partial charge is 0.208 e. The molecule has 74 valence electrons. The van der Waals surface area contributed by atoms with Crippen molar-refractivity contribution in [3.63, 3.8) is 0 Å². The van der Waals surface area contributed by atoms with Crippen molar-refractivity contribution >= 4 is 16.9 Å². The topological polar surface area (TPSA) is 59.6 Å². The third-order valence-corrected chi connectivity index (χ3v) is 2.05. The fraction of sp³-hybridized carbons (Fsp3) is 0.750. The molecular formula is C8H15N3OS. The van der Waals surface area contributed by atoms with Gasteiger partial charge in [0.25, 0.3) is 0 Å². The van der Waals surface area contributed by atoms with Gasteiger partial charge in [-0.15, -0.1) is 4.99 Å². The number of amidine groups is 1. The summed E-state index contributed by atoms with van der Waals surface area (Å²) in [4.78, 5) is 5.38. The number of aliphatic hydroxyl groups is 1. The largest absolute Gasteiger partial charge is 0.389 e. The summed E-state index contributed by atoms with van der Waals surface area (Å²) < 4.78 is 0. The zero-order valence-electron chi connectivity index (χ0n) is 8.40. The summed E-state index contributed by atoms with van der Waals surface area (Å²) in [6, 6.07) is 0. The number of hydrogen-bond acceptors (Lipinski definition) is 4. The molecule has 5 heteroatoms. The van der Waals surface area contributed by atoms with Crippen LogP contribution in [0.1, 0.15) is 13.8 Å². The van der Waals surface area contributed by atoms with Crippen molar-refractivity contribution in [1.82, 2.24) is 4.90 Å².